The summed E-state index contributed by atoms with van der Waals surface area (Å²) in [6, 6.07) is 8.25. The van der Waals surface area contributed by atoms with Crippen molar-refractivity contribution in [3.05, 3.63) is 42.2 Å². The summed E-state index contributed by atoms with van der Waals surface area (Å²) in [5, 5.41) is 7.89. The molecule has 0 radical (unpaired) electrons. The van der Waals surface area contributed by atoms with Crippen molar-refractivity contribution in [1.29, 1.82) is 0 Å². The van der Waals surface area contributed by atoms with Crippen LogP contribution in [0.1, 0.15) is 12.0 Å². The van der Waals surface area contributed by atoms with Crippen LogP contribution < -0.4 is 0 Å². The topological polar surface area (TPSA) is 46.5 Å². The van der Waals surface area contributed by atoms with Crippen LogP contribution in [-0.4, -0.2) is 25.5 Å². The third-order valence-electron chi connectivity index (χ3n) is 3.14. The van der Waals surface area contributed by atoms with Gasteiger partial charge >= 0.3 is 0 Å². The van der Waals surface area contributed by atoms with Gasteiger partial charge in [0.15, 0.2) is 5.16 Å². The molecule has 0 fully saturated rings. The van der Waals surface area contributed by atoms with Crippen molar-refractivity contribution < 1.29 is 0 Å². The molecule has 1 N–H and O–H groups in total. The molecule has 0 amide bonds. The summed E-state index contributed by atoms with van der Waals surface area (Å²) >= 11 is 1.82. The van der Waals surface area contributed by atoms with Crippen LogP contribution in [0, 0.1) is 0 Å². The SMILES string of the molecule is Cn1c(SCCCc2cn[nH]c2)nc2ccccc21. The van der Waals surface area contributed by atoms with Crippen LogP contribution in [0.2, 0.25) is 0 Å². The zero-order valence-electron chi connectivity index (χ0n) is 10.8. The molecule has 2 aromatic heterocycles. The molecule has 3 aromatic rings. The predicted octanol–water partition coefficient (Wildman–Crippen LogP) is 3.02. The van der Waals surface area contributed by atoms with Gasteiger partial charge in [0, 0.05) is 19.0 Å². The highest BCUT2D eigenvalue weighted by Gasteiger charge is 2.07. The quantitative estimate of drug-likeness (QED) is 0.573. The van der Waals surface area contributed by atoms with E-state index in [4.69, 9.17) is 0 Å². The fourth-order valence-corrected chi connectivity index (χ4v) is 3.03. The van der Waals surface area contributed by atoms with Crippen LogP contribution in [-0.2, 0) is 13.5 Å². The summed E-state index contributed by atoms with van der Waals surface area (Å²) in [4.78, 5) is 4.65. The van der Waals surface area contributed by atoms with Gasteiger partial charge in [-0.2, -0.15) is 5.10 Å². The van der Waals surface area contributed by atoms with Crippen LogP contribution in [0.15, 0.2) is 41.8 Å². The van der Waals surface area contributed by atoms with E-state index in [1.807, 2.05) is 30.2 Å². The van der Waals surface area contributed by atoms with Gasteiger partial charge in [0.05, 0.1) is 17.2 Å². The number of aryl methyl sites for hydroxylation is 2. The lowest BCUT2D eigenvalue weighted by molar-refractivity contribution is 0.812. The zero-order chi connectivity index (χ0) is 13.1. The fourth-order valence-electron chi connectivity index (χ4n) is 2.11. The van der Waals surface area contributed by atoms with Gasteiger partial charge in [-0.3, -0.25) is 5.10 Å². The van der Waals surface area contributed by atoms with E-state index in [1.54, 1.807) is 0 Å². The number of imidazole rings is 1. The molecular formula is C14H16N4S. The van der Waals surface area contributed by atoms with Crippen LogP contribution in [0.5, 0.6) is 0 Å². The molecule has 0 aliphatic rings. The molecule has 0 saturated heterocycles. The van der Waals surface area contributed by atoms with Gasteiger partial charge in [0.2, 0.25) is 0 Å². The second-order valence-electron chi connectivity index (χ2n) is 4.50. The van der Waals surface area contributed by atoms with E-state index in [0.29, 0.717) is 0 Å². The molecule has 0 aliphatic carbocycles. The molecule has 1 aromatic carbocycles. The van der Waals surface area contributed by atoms with Gasteiger partial charge in [-0.25, -0.2) is 4.98 Å². The minimum atomic E-state index is 1.06. The van der Waals surface area contributed by atoms with E-state index >= 15 is 0 Å². The molecule has 4 nitrogen and oxygen atoms in total. The second kappa shape index (κ2) is 5.48. The highest BCUT2D eigenvalue weighted by molar-refractivity contribution is 7.99. The van der Waals surface area contributed by atoms with E-state index in [2.05, 4.69) is 45.0 Å². The van der Waals surface area contributed by atoms with Gasteiger partial charge in [-0.1, -0.05) is 23.9 Å². The van der Waals surface area contributed by atoms with Crippen molar-refractivity contribution in [2.75, 3.05) is 5.75 Å². The maximum Gasteiger partial charge on any atom is 0.168 e. The molecular weight excluding hydrogens is 256 g/mol. The molecule has 0 unspecified atom stereocenters. The average Bonchev–Trinajstić information content (AvgIpc) is 3.04. The molecule has 0 spiro atoms. The van der Waals surface area contributed by atoms with Crippen molar-refractivity contribution in [1.82, 2.24) is 19.7 Å². The number of H-pyrrole nitrogens is 1. The van der Waals surface area contributed by atoms with Crippen molar-refractivity contribution in [2.45, 2.75) is 18.0 Å². The summed E-state index contributed by atoms with van der Waals surface area (Å²) in [7, 11) is 2.08. The Morgan fingerprint density at radius 2 is 2.21 bits per heavy atom. The minimum absolute atomic E-state index is 1.06. The van der Waals surface area contributed by atoms with E-state index < -0.39 is 0 Å². The van der Waals surface area contributed by atoms with Crippen molar-refractivity contribution in [3.63, 3.8) is 0 Å². The highest BCUT2D eigenvalue weighted by Crippen LogP contribution is 2.23. The molecule has 0 bridgehead atoms. The number of benzene rings is 1. The summed E-state index contributed by atoms with van der Waals surface area (Å²) in [6.45, 7) is 0. The van der Waals surface area contributed by atoms with Crippen LogP contribution in [0.3, 0.4) is 0 Å². The number of para-hydroxylation sites is 2. The average molecular weight is 272 g/mol. The molecule has 0 aliphatic heterocycles. The van der Waals surface area contributed by atoms with Gasteiger partial charge < -0.3 is 4.57 Å². The normalized spacial score (nSPS) is 11.2. The first-order chi connectivity index (χ1) is 9.34. The number of hydrogen-bond acceptors (Lipinski definition) is 3. The molecule has 0 saturated carbocycles. The summed E-state index contributed by atoms with van der Waals surface area (Å²) < 4.78 is 2.16. The number of nitrogens with one attached hydrogen (secondary N) is 1. The number of thioether (sulfide) groups is 1. The molecule has 5 heteroatoms. The third-order valence-corrected chi connectivity index (χ3v) is 4.26. The Bertz CT molecular complexity index is 657. The molecule has 2 heterocycles. The monoisotopic (exact) mass is 272 g/mol. The summed E-state index contributed by atoms with van der Waals surface area (Å²) in [5.74, 6) is 1.07. The van der Waals surface area contributed by atoms with Gasteiger partial charge in [0.25, 0.3) is 0 Å². The van der Waals surface area contributed by atoms with E-state index in [9.17, 15) is 0 Å². The van der Waals surface area contributed by atoms with Gasteiger partial charge in [-0.15, -0.1) is 0 Å². The minimum Gasteiger partial charge on any atom is -0.322 e. The van der Waals surface area contributed by atoms with Crippen molar-refractivity contribution in [3.8, 4) is 0 Å². The Morgan fingerprint density at radius 1 is 1.32 bits per heavy atom. The lowest BCUT2D eigenvalue weighted by Gasteiger charge is -2.01. The maximum absolute atomic E-state index is 4.65. The van der Waals surface area contributed by atoms with Crippen LogP contribution >= 0.6 is 11.8 Å². The molecule has 98 valence electrons. The van der Waals surface area contributed by atoms with E-state index in [-0.39, 0.29) is 0 Å². The standard InChI is InChI=1S/C14H16N4S/c1-18-13-7-3-2-6-12(13)17-14(18)19-8-4-5-11-9-15-16-10-11/h2-3,6-7,9-10H,4-5,8H2,1H3,(H,15,16). The Kier molecular flexibility index (Phi) is 3.55. The Balaban J connectivity index is 1.61. The largest absolute Gasteiger partial charge is 0.322 e. The molecule has 3 rings (SSSR count). The van der Waals surface area contributed by atoms with Crippen molar-refractivity contribution >= 4 is 22.8 Å². The number of aromatic amines is 1. The number of hydrogen-bond donors (Lipinski definition) is 1. The summed E-state index contributed by atoms with van der Waals surface area (Å²) in [6.07, 6.45) is 6.04. The maximum atomic E-state index is 4.65. The zero-order valence-corrected chi connectivity index (χ0v) is 11.7. The number of aromatic nitrogens is 4. The first-order valence-electron chi connectivity index (χ1n) is 6.36. The smallest absolute Gasteiger partial charge is 0.168 e. The number of fused-ring (bicyclic) bond motifs is 1. The number of rotatable bonds is 5. The van der Waals surface area contributed by atoms with Crippen LogP contribution in [0.25, 0.3) is 11.0 Å². The first-order valence-corrected chi connectivity index (χ1v) is 7.35. The first kappa shape index (κ1) is 12.3. The van der Waals surface area contributed by atoms with Crippen molar-refractivity contribution in [2.24, 2.45) is 7.05 Å². The fraction of sp³-hybridized carbons (Fsp3) is 0.286. The highest BCUT2D eigenvalue weighted by atomic mass is 32.2. The molecule has 0 atom stereocenters. The lowest BCUT2D eigenvalue weighted by atomic mass is 10.2. The molecule has 19 heavy (non-hydrogen) atoms. The van der Waals surface area contributed by atoms with Gasteiger partial charge in [-0.05, 0) is 30.5 Å². The van der Waals surface area contributed by atoms with E-state index in [1.165, 1.54) is 11.1 Å². The Morgan fingerprint density at radius 3 is 3.00 bits per heavy atom. The van der Waals surface area contributed by atoms with E-state index in [0.717, 1.165) is 29.3 Å². The third kappa shape index (κ3) is 2.66. The Hall–Kier alpha value is -1.75. The number of nitrogens with zero attached hydrogens (tertiary/aromatic N) is 3. The predicted molar refractivity (Wildman–Crippen MR) is 78.3 cm³/mol. The van der Waals surface area contributed by atoms with Gasteiger partial charge in [0.1, 0.15) is 0 Å². The summed E-state index contributed by atoms with van der Waals surface area (Å²) in [5.41, 5.74) is 3.53. The van der Waals surface area contributed by atoms with Crippen LogP contribution in [0.4, 0.5) is 0 Å². The lowest BCUT2D eigenvalue weighted by Crippen LogP contribution is -1.92. The Labute approximate surface area is 116 Å². The second-order valence-corrected chi connectivity index (χ2v) is 5.56.